The number of carbonyl (C=O) groups excluding carboxylic acids is 1. The topological polar surface area (TPSA) is 32.7 Å². The average molecular weight is 270 g/mol. The molecule has 2 unspecified atom stereocenters. The Balaban J connectivity index is 1.66. The van der Waals surface area contributed by atoms with Crippen LogP contribution >= 0.6 is 0 Å². The molecule has 0 radical (unpaired) electrons. The Labute approximate surface area is 120 Å². The van der Waals surface area contributed by atoms with E-state index in [0.717, 1.165) is 37.9 Å². The van der Waals surface area contributed by atoms with E-state index in [0.29, 0.717) is 17.5 Å². The summed E-state index contributed by atoms with van der Waals surface area (Å²) >= 11 is 0. The van der Waals surface area contributed by atoms with E-state index in [4.69, 9.17) is 0 Å². The molecule has 0 bridgehead atoms. The maximum Gasteiger partial charge on any atom is 0.181 e. The summed E-state index contributed by atoms with van der Waals surface area (Å²) in [5.74, 6) is 1.47. The van der Waals surface area contributed by atoms with E-state index in [2.05, 4.69) is 36.0 Å². The van der Waals surface area contributed by atoms with Gasteiger partial charge in [-0.05, 0) is 38.5 Å². The Morgan fingerprint density at radius 2 is 2.15 bits per heavy atom. The summed E-state index contributed by atoms with van der Waals surface area (Å²) in [7, 11) is 0. The summed E-state index contributed by atoms with van der Waals surface area (Å²) in [5.41, 5.74) is 1.71. The molecule has 0 aromatic heterocycles. The Bertz CT molecular complexity index is 511. The summed E-state index contributed by atoms with van der Waals surface area (Å²) in [6, 6.07) is 0. The van der Waals surface area contributed by atoms with E-state index < -0.39 is 0 Å². The van der Waals surface area contributed by atoms with Crippen molar-refractivity contribution in [2.24, 2.45) is 22.9 Å². The molecule has 106 valence electrons. The van der Waals surface area contributed by atoms with Gasteiger partial charge in [0, 0.05) is 24.1 Å². The van der Waals surface area contributed by atoms with Crippen molar-refractivity contribution in [3.63, 3.8) is 0 Å². The minimum Gasteiger partial charge on any atom is -0.292 e. The molecule has 3 nitrogen and oxygen atoms in total. The monoisotopic (exact) mass is 270 g/mol. The van der Waals surface area contributed by atoms with Crippen molar-refractivity contribution in [1.82, 2.24) is 5.01 Å². The van der Waals surface area contributed by atoms with E-state index in [1.54, 1.807) is 0 Å². The number of rotatable bonds is 4. The fourth-order valence-electron chi connectivity index (χ4n) is 3.11. The summed E-state index contributed by atoms with van der Waals surface area (Å²) in [4.78, 5) is 12.0. The van der Waals surface area contributed by atoms with Gasteiger partial charge in [-0.1, -0.05) is 30.9 Å². The van der Waals surface area contributed by atoms with Crippen LogP contribution in [0.2, 0.25) is 0 Å². The van der Waals surface area contributed by atoms with Crippen LogP contribution in [-0.2, 0) is 4.79 Å². The highest BCUT2D eigenvalue weighted by Crippen LogP contribution is 2.37. The van der Waals surface area contributed by atoms with Crippen molar-refractivity contribution >= 4 is 11.5 Å². The zero-order valence-electron chi connectivity index (χ0n) is 12.1. The Kier molecular flexibility index (Phi) is 3.60. The van der Waals surface area contributed by atoms with Crippen LogP contribution in [0.3, 0.4) is 0 Å². The standard InChI is InChI=1S/C17H22N2O/c1-12(17(20)15-8-9-15)18-19-11-10-16(13(19)2)14-6-4-3-5-7-14/h3-6,14-16H,2,7-11H2,1H3/b18-12+. The molecule has 1 saturated carbocycles. The molecule has 0 aromatic carbocycles. The van der Waals surface area contributed by atoms with Gasteiger partial charge < -0.3 is 0 Å². The Morgan fingerprint density at radius 3 is 2.80 bits per heavy atom. The molecule has 3 rings (SSSR count). The smallest absolute Gasteiger partial charge is 0.181 e. The third-order valence-corrected chi connectivity index (χ3v) is 4.52. The Hall–Kier alpha value is -1.64. The van der Waals surface area contributed by atoms with Crippen LogP contribution in [0.5, 0.6) is 0 Å². The van der Waals surface area contributed by atoms with Gasteiger partial charge in [-0.3, -0.25) is 9.80 Å². The van der Waals surface area contributed by atoms with Gasteiger partial charge in [0.25, 0.3) is 0 Å². The van der Waals surface area contributed by atoms with Crippen LogP contribution in [0.15, 0.2) is 41.7 Å². The fraction of sp³-hybridized carbons (Fsp3) is 0.529. The number of ketones is 1. The maximum atomic E-state index is 12.0. The number of nitrogens with zero attached hydrogens (tertiary/aromatic N) is 2. The first-order valence-corrected chi connectivity index (χ1v) is 7.56. The van der Waals surface area contributed by atoms with Crippen molar-refractivity contribution in [3.8, 4) is 0 Å². The lowest BCUT2D eigenvalue weighted by Crippen LogP contribution is -2.20. The normalized spacial score (nSPS) is 30.1. The van der Waals surface area contributed by atoms with Crippen molar-refractivity contribution in [1.29, 1.82) is 0 Å². The number of Topliss-reactive ketones (excluding diaryl/α,β-unsaturated/α-hetero) is 1. The van der Waals surface area contributed by atoms with Crippen molar-refractivity contribution in [3.05, 3.63) is 36.6 Å². The molecule has 20 heavy (non-hydrogen) atoms. The summed E-state index contributed by atoms with van der Waals surface area (Å²) < 4.78 is 0. The number of hydrogen-bond donors (Lipinski definition) is 0. The first-order chi connectivity index (χ1) is 9.66. The lowest BCUT2D eigenvalue weighted by Gasteiger charge is -2.23. The average Bonchev–Trinajstić information content (AvgIpc) is 3.25. The lowest BCUT2D eigenvalue weighted by molar-refractivity contribution is -0.114. The van der Waals surface area contributed by atoms with Gasteiger partial charge in [-0.15, -0.1) is 0 Å². The summed E-state index contributed by atoms with van der Waals surface area (Å²) in [5, 5.41) is 6.47. The molecular formula is C17H22N2O. The molecule has 0 amide bonds. The first kappa shape index (κ1) is 13.3. The molecule has 2 fully saturated rings. The number of carbonyl (C=O) groups is 1. The largest absolute Gasteiger partial charge is 0.292 e. The molecule has 0 aromatic rings. The summed E-state index contributed by atoms with van der Waals surface area (Å²) in [6.07, 6.45) is 12.9. The van der Waals surface area contributed by atoms with Crippen LogP contribution in [-0.4, -0.2) is 23.0 Å². The molecule has 3 heteroatoms. The third-order valence-electron chi connectivity index (χ3n) is 4.52. The van der Waals surface area contributed by atoms with Crippen LogP contribution in [0.1, 0.15) is 32.6 Å². The summed E-state index contributed by atoms with van der Waals surface area (Å²) in [6.45, 7) is 6.93. The minimum atomic E-state index is 0.224. The third kappa shape index (κ3) is 2.62. The molecule has 2 atom stereocenters. The maximum absolute atomic E-state index is 12.0. The fourth-order valence-corrected chi connectivity index (χ4v) is 3.11. The molecule has 1 heterocycles. The van der Waals surface area contributed by atoms with E-state index in [9.17, 15) is 4.79 Å². The van der Waals surface area contributed by atoms with Crippen LogP contribution in [0.4, 0.5) is 0 Å². The van der Waals surface area contributed by atoms with E-state index in [1.165, 1.54) is 0 Å². The number of hydrogen-bond acceptors (Lipinski definition) is 3. The molecule has 3 aliphatic rings. The van der Waals surface area contributed by atoms with Gasteiger partial charge in [0.05, 0.1) is 0 Å². The van der Waals surface area contributed by atoms with Crippen LogP contribution < -0.4 is 0 Å². The zero-order chi connectivity index (χ0) is 14.1. The molecule has 0 spiro atoms. The van der Waals surface area contributed by atoms with Crippen LogP contribution in [0, 0.1) is 17.8 Å². The van der Waals surface area contributed by atoms with Crippen molar-refractivity contribution in [2.45, 2.75) is 32.6 Å². The quantitative estimate of drug-likeness (QED) is 0.734. The minimum absolute atomic E-state index is 0.224. The molecule has 1 saturated heterocycles. The first-order valence-electron chi connectivity index (χ1n) is 7.56. The van der Waals surface area contributed by atoms with E-state index >= 15 is 0 Å². The van der Waals surface area contributed by atoms with E-state index in [1.807, 2.05) is 11.9 Å². The van der Waals surface area contributed by atoms with Gasteiger partial charge in [0.15, 0.2) is 5.78 Å². The van der Waals surface area contributed by atoms with Crippen molar-refractivity contribution in [2.75, 3.05) is 6.54 Å². The van der Waals surface area contributed by atoms with Crippen molar-refractivity contribution < 1.29 is 4.79 Å². The zero-order valence-corrected chi connectivity index (χ0v) is 12.1. The highest BCUT2D eigenvalue weighted by atomic mass is 16.1. The highest BCUT2D eigenvalue weighted by Gasteiger charge is 2.34. The SMILES string of the molecule is C=C1C(C2C=CC=CC2)CCN1/N=C(\C)C(=O)C1CC1. The van der Waals surface area contributed by atoms with E-state index in [-0.39, 0.29) is 11.7 Å². The van der Waals surface area contributed by atoms with Gasteiger partial charge in [-0.25, -0.2) is 0 Å². The second-order valence-corrected chi connectivity index (χ2v) is 6.05. The van der Waals surface area contributed by atoms with Crippen LogP contribution in [0.25, 0.3) is 0 Å². The molecule has 1 aliphatic heterocycles. The molecule has 2 aliphatic carbocycles. The predicted molar refractivity (Wildman–Crippen MR) is 81.2 cm³/mol. The lowest BCUT2D eigenvalue weighted by atomic mass is 9.85. The van der Waals surface area contributed by atoms with Gasteiger partial charge >= 0.3 is 0 Å². The second-order valence-electron chi connectivity index (χ2n) is 6.05. The highest BCUT2D eigenvalue weighted by molar-refractivity contribution is 6.40. The van der Waals surface area contributed by atoms with Gasteiger partial charge in [0.2, 0.25) is 0 Å². The number of allylic oxidation sites excluding steroid dienone is 5. The Morgan fingerprint density at radius 1 is 1.35 bits per heavy atom. The predicted octanol–water partition coefficient (Wildman–Crippen LogP) is 3.31. The second kappa shape index (κ2) is 5.39. The van der Waals surface area contributed by atoms with Gasteiger partial charge in [-0.2, -0.15) is 5.10 Å². The molecule has 0 N–H and O–H groups in total. The molecular weight excluding hydrogens is 248 g/mol. The van der Waals surface area contributed by atoms with Gasteiger partial charge in [0.1, 0.15) is 5.71 Å². The number of hydrazone groups is 1.